The first-order valence-electron chi connectivity index (χ1n) is 11.8. The highest BCUT2D eigenvalue weighted by molar-refractivity contribution is 5.78. The number of carbonyl (C=O) groups is 1. The van der Waals surface area contributed by atoms with Gasteiger partial charge < -0.3 is 20.6 Å². The van der Waals surface area contributed by atoms with Gasteiger partial charge in [0.25, 0.3) is 0 Å². The third-order valence-corrected chi connectivity index (χ3v) is 8.07. The third kappa shape index (κ3) is 4.10. The molecule has 0 radical (unpaired) electrons. The monoisotopic (exact) mass is 428 g/mol. The van der Waals surface area contributed by atoms with Gasteiger partial charge >= 0.3 is 6.03 Å². The minimum atomic E-state index is -0.716. The lowest BCUT2D eigenvalue weighted by Gasteiger charge is -2.52. The molecule has 3 aliphatic rings. The molecular formula is C25H40N4O2. The van der Waals surface area contributed by atoms with E-state index in [2.05, 4.69) is 49.3 Å². The van der Waals surface area contributed by atoms with E-state index in [1.54, 1.807) is 0 Å². The molecule has 1 heterocycles. The predicted octanol–water partition coefficient (Wildman–Crippen LogP) is 3.15. The van der Waals surface area contributed by atoms with Crippen molar-refractivity contribution in [2.24, 2.45) is 5.73 Å². The quantitative estimate of drug-likeness (QED) is 0.730. The molecule has 1 spiro atoms. The van der Waals surface area contributed by atoms with Crippen molar-refractivity contribution in [2.45, 2.75) is 81.0 Å². The molecule has 6 nitrogen and oxygen atoms in total. The Balaban J connectivity index is 1.61. The molecule has 1 saturated heterocycles. The molecule has 1 aliphatic heterocycles. The fraction of sp³-hybridized carbons (Fsp3) is 0.720. The van der Waals surface area contributed by atoms with E-state index >= 15 is 0 Å². The fourth-order valence-electron chi connectivity index (χ4n) is 6.07. The summed E-state index contributed by atoms with van der Waals surface area (Å²) in [4.78, 5) is 19.8. The molecule has 0 atom stereocenters. The summed E-state index contributed by atoms with van der Waals surface area (Å²) in [5, 5.41) is 10.9. The van der Waals surface area contributed by atoms with E-state index in [0.717, 1.165) is 44.9 Å². The van der Waals surface area contributed by atoms with Gasteiger partial charge in [-0.25, -0.2) is 4.79 Å². The van der Waals surface area contributed by atoms with Crippen LogP contribution in [0.5, 0.6) is 0 Å². The maximum Gasteiger partial charge on any atom is 0.320 e. The molecule has 1 aromatic rings. The lowest BCUT2D eigenvalue weighted by Crippen LogP contribution is -2.59. The number of carbonyl (C=O) groups excluding carboxylic acids is 1. The molecule has 0 bridgehead atoms. The van der Waals surface area contributed by atoms with Crippen LogP contribution in [0.3, 0.4) is 0 Å². The van der Waals surface area contributed by atoms with Crippen molar-refractivity contribution in [3.63, 3.8) is 0 Å². The van der Waals surface area contributed by atoms with Crippen LogP contribution in [-0.2, 0) is 5.54 Å². The normalized spacial score (nSPS) is 30.9. The highest BCUT2D eigenvalue weighted by Gasteiger charge is 2.56. The summed E-state index contributed by atoms with van der Waals surface area (Å²) in [5.41, 5.74) is 6.25. The van der Waals surface area contributed by atoms with Gasteiger partial charge in [0, 0.05) is 24.2 Å². The lowest BCUT2D eigenvalue weighted by atomic mass is 9.67. The maximum absolute atomic E-state index is 13.5. The summed E-state index contributed by atoms with van der Waals surface area (Å²) < 4.78 is 0. The average molecular weight is 429 g/mol. The molecule has 2 aliphatic carbocycles. The van der Waals surface area contributed by atoms with Gasteiger partial charge in [-0.15, -0.1) is 0 Å². The van der Waals surface area contributed by atoms with Crippen LogP contribution in [0.15, 0.2) is 30.3 Å². The number of hydrogen-bond donors (Lipinski definition) is 2. The first-order valence-corrected chi connectivity index (χ1v) is 11.8. The number of β-amino-alcohol motifs (C(OH)–C–C–N with tert-alkyl or cyclic N) is 1. The third-order valence-electron chi connectivity index (χ3n) is 8.07. The molecule has 31 heavy (non-hydrogen) atoms. The zero-order valence-corrected chi connectivity index (χ0v) is 19.7. The minimum absolute atomic E-state index is 0.0187. The largest absolute Gasteiger partial charge is 0.388 e. The molecule has 1 aromatic carbocycles. The van der Waals surface area contributed by atoms with Crippen LogP contribution in [0.2, 0.25) is 0 Å². The number of amides is 2. The number of aliphatic hydroxyl groups is 1. The Hall–Kier alpha value is -1.63. The topological polar surface area (TPSA) is 73.0 Å². The number of nitrogens with two attached hydrogens (primary N) is 1. The standard InChI is InChI=1S/C25H40N4O2/c1-22(2,26)17-28-18-23(29(21(28)30)19-24(31)11-8-12-24)13-15-25(16-14-23,27(3)4)20-9-6-5-7-10-20/h5-7,9-10,31H,8,11-19,26H2,1-4H3/t23-,25-. The Kier molecular flexibility index (Phi) is 5.64. The Labute approximate surface area is 187 Å². The average Bonchev–Trinajstić information content (AvgIpc) is 2.92. The first kappa shape index (κ1) is 22.6. The predicted molar refractivity (Wildman–Crippen MR) is 124 cm³/mol. The molecule has 172 valence electrons. The van der Waals surface area contributed by atoms with Crippen molar-refractivity contribution in [3.8, 4) is 0 Å². The van der Waals surface area contributed by atoms with E-state index in [9.17, 15) is 9.90 Å². The summed E-state index contributed by atoms with van der Waals surface area (Å²) in [6.45, 7) is 5.65. The van der Waals surface area contributed by atoms with Gasteiger partial charge in [-0.1, -0.05) is 30.3 Å². The van der Waals surface area contributed by atoms with Crippen LogP contribution in [0, 0.1) is 0 Å². The van der Waals surface area contributed by atoms with Gasteiger partial charge in [-0.2, -0.15) is 0 Å². The number of nitrogens with zero attached hydrogens (tertiary/aromatic N) is 3. The number of hydrogen-bond acceptors (Lipinski definition) is 4. The molecule has 4 rings (SSSR count). The Bertz CT molecular complexity index is 789. The highest BCUT2D eigenvalue weighted by Crippen LogP contribution is 2.50. The lowest BCUT2D eigenvalue weighted by molar-refractivity contribution is -0.0725. The second kappa shape index (κ2) is 7.75. The van der Waals surface area contributed by atoms with Crippen molar-refractivity contribution >= 4 is 6.03 Å². The fourth-order valence-corrected chi connectivity index (χ4v) is 6.07. The Morgan fingerprint density at radius 1 is 1.06 bits per heavy atom. The molecule has 2 amide bonds. The smallest absolute Gasteiger partial charge is 0.320 e. The molecule has 0 unspecified atom stereocenters. The van der Waals surface area contributed by atoms with Crippen LogP contribution < -0.4 is 5.73 Å². The van der Waals surface area contributed by atoms with Gasteiger partial charge in [0.2, 0.25) is 0 Å². The summed E-state index contributed by atoms with van der Waals surface area (Å²) in [7, 11) is 4.34. The molecule has 6 heteroatoms. The molecule has 3 fully saturated rings. The van der Waals surface area contributed by atoms with Gasteiger partial charge in [0.1, 0.15) is 0 Å². The summed E-state index contributed by atoms with van der Waals surface area (Å²) in [6.07, 6.45) is 6.48. The van der Waals surface area contributed by atoms with Crippen LogP contribution in [0.4, 0.5) is 4.79 Å². The molecule has 3 N–H and O–H groups in total. The Morgan fingerprint density at radius 2 is 1.68 bits per heavy atom. The highest BCUT2D eigenvalue weighted by atomic mass is 16.3. The van der Waals surface area contributed by atoms with Crippen molar-refractivity contribution in [1.29, 1.82) is 0 Å². The van der Waals surface area contributed by atoms with E-state index in [-0.39, 0.29) is 17.1 Å². The number of benzene rings is 1. The van der Waals surface area contributed by atoms with Crippen LogP contribution in [0.25, 0.3) is 0 Å². The van der Waals surface area contributed by atoms with Crippen molar-refractivity contribution in [1.82, 2.24) is 14.7 Å². The number of urea groups is 1. The molecule has 2 saturated carbocycles. The van der Waals surface area contributed by atoms with Gasteiger partial charge in [0.15, 0.2) is 0 Å². The number of rotatable bonds is 6. The summed E-state index contributed by atoms with van der Waals surface area (Å²) in [6, 6.07) is 10.8. The zero-order chi connectivity index (χ0) is 22.5. The van der Waals surface area contributed by atoms with Crippen molar-refractivity contribution in [2.75, 3.05) is 33.7 Å². The summed E-state index contributed by atoms with van der Waals surface area (Å²) in [5.74, 6) is 0. The van der Waals surface area contributed by atoms with E-state index < -0.39 is 11.1 Å². The van der Waals surface area contributed by atoms with Crippen LogP contribution in [0.1, 0.15) is 64.4 Å². The second-order valence-corrected chi connectivity index (χ2v) is 11.3. The minimum Gasteiger partial charge on any atom is -0.388 e. The van der Waals surface area contributed by atoms with E-state index in [0.29, 0.717) is 19.6 Å². The maximum atomic E-state index is 13.5. The van der Waals surface area contributed by atoms with Crippen molar-refractivity contribution < 1.29 is 9.90 Å². The molecular weight excluding hydrogens is 388 g/mol. The second-order valence-electron chi connectivity index (χ2n) is 11.3. The van der Waals surface area contributed by atoms with Crippen molar-refractivity contribution in [3.05, 3.63) is 35.9 Å². The van der Waals surface area contributed by atoms with E-state index in [1.165, 1.54) is 5.56 Å². The van der Waals surface area contributed by atoms with Crippen LogP contribution >= 0.6 is 0 Å². The van der Waals surface area contributed by atoms with Gasteiger partial charge in [-0.05, 0) is 78.5 Å². The SMILES string of the molecule is CN(C)[C@]1(c2ccccc2)CC[C@@]2(CC1)CN(CC(C)(C)N)C(=O)N2CC1(O)CCC1. The molecule has 0 aromatic heterocycles. The first-order chi connectivity index (χ1) is 14.5. The zero-order valence-electron chi connectivity index (χ0n) is 19.7. The van der Waals surface area contributed by atoms with Gasteiger partial charge in [0.05, 0.1) is 17.7 Å². The van der Waals surface area contributed by atoms with Gasteiger partial charge in [-0.3, -0.25) is 4.90 Å². The van der Waals surface area contributed by atoms with E-state index in [4.69, 9.17) is 5.73 Å². The summed E-state index contributed by atoms with van der Waals surface area (Å²) >= 11 is 0. The Morgan fingerprint density at radius 3 is 2.16 bits per heavy atom. The van der Waals surface area contributed by atoms with Crippen LogP contribution in [-0.4, -0.2) is 76.2 Å². The van der Waals surface area contributed by atoms with E-state index in [1.807, 2.05) is 23.6 Å².